The Morgan fingerprint density at radius 2 is 1.47 bits per heavy atom. The van der Waals surface area contributed by atoms with Crippen LogP contribution in [0.4, 0.5) is 0 Å². The molecule has 0 aliphatic carbocycles. The maximum Gasteiger partial charge on any atom is 0.169 e. The Morgan fingerprint density at radius 3 is 1.95 bits per heavy atom. The van der Waals surface area contributed by atoms with E-state index in [9.17, 15) is 9.90 Å². The number of ether oxygens (including phenoxy) is 1. The molecule has 0 saturated carbocycles. The minimum Gasteiger partial charge on any atom is -0.508 e. The normalized spacial score (nSPS) is 11.9. The van der Waals surface area contributed by atoms with Crippen LogP contribution in [0.25, 0.3) is 11.1 Å². The second-order valence-electron chi connectivity index (χ2n) is 4.44. The Morgan fingerprint density at radius 1 is 1.00 bits per heavy atom. The van der Waals surface area contributed by atoms with Gasteiger partial charge in [0.05, 0.1) is 0 Å². The monoisotopic (exact) mass is 256 g/mol. The maximum atomic E-state index is 11.1. The van der Waals surface area contributed by atoms with Crippen molar-refractivity contribution in [3.8, 4) is 22.6 Å². The molecule has 3 heteroatoms. The number of hydrogen-bond acceptors (Lipinski definition) is 3. The van der Waals surface area contributed by atoms with Gasteiger partial charge in [-0.3, -0.25) is 4.79 Å². The van der Waals surface area contributed by atoms with Gasteiger partial charge in [-0.05, 0) is 49.2 Å². The number of Topliss-reactive ketones (excluding diaryl/α,β-unsaturated/α-hetero) is 1. The minimum atomic E-state index is -0.431. The van der Waals surface area contributed by atoms with Gasteiger partial charge in [-0.15, -0.1) is 0 Å². The van der Waals surface area contributed by atoms with Crippen LogP contribution in [-0.4, -0.2) is 17.0 Å². The first kappa shape index (κ1) is 13.1. The van der Waals surface area contributed by atoms with Gasteiger partial charge in [0.15, 0.2) is 11.9 Å². The summed E-state index contributed by atoms with van der Waals surface area (Å²) in [7, 11) is 0. The number of hydrogen-bond donors (Lipinski definition) is 1. The van der Waals surface area contributed by atoms with Crippen molar-refractivity contribution in [2.45, 2.75) is 20.0 Å². The maximum absolute atomic E-state index is 11.1. The van der Waals surface area contributed by atoms with Crippen molar-refractivity contribution in [2.24, 2.45) is 0 Å². The van der Waals surface area contributed by atoms with Crippen LogP contribution in [0.2, 0.25) is 0 Å². The molecule has 98 valence electrons. The third kappa shape index (κ3) is 3.35. The average molecular weight is 256 g/mol. The van der Waals surface area contributed by atoms with Gasteiger partial charge >= 0.3 is 0 Å². The van der Waals surface area contributed by atoms with Crippen LogP contribution in [0.3, 0.4) is 0 Å². The molecule has 2 aromatic carbocycles. The van der Waals surface area contributed by atoms with E-state index in [1.54, 1.807) is 19.1 Å². The fourth-order valence-corrected chi connectivity index (χ4v) is 1.67. The zero-order valence-electron chi connectivity index (χ0n) is 11.0. The Hall–Kier alpha value is -2.29. The lowest BCUT2D eigenvalue weighted by atomic mass is 10.1. The number of aromatic hydroxyl groups is 1. The highest BCUT2D eigenvalue weighted by atomic mass is 16.5. The van der Waals surface area contributed by atoms with E-state index in [0.29, 0.717) is 5.75 Å². The Labute approximate surface area is 112 Å². The van der Waals surface area contributed by atoms with Crippen molar-refractivity contribution in [1.29, 1.82) is 0 Å². The number of carbonyl (C=O) groups excluding carboxylic acids is 1. The van der Waals surface area contributed by atoms with Crippen LogP contribution < -0.4 is 4.74 Å². The first-order valence-corrected chi connectivity index (χ1v) is 6.13. The topological polar surface area (TPSA) is 46.5 Å². The Bertz CT molecular complexity index is 556. The minimum absolute atomic E-state index is 0.00242. The van der Waals surface area contributed by atoms with Gasteiger partial charge in [-0.1, -0.05) is 24.3 Å². The van der Waals surface area contributed by atoms with Crippen molar-refractivity contribution in [3.05, 3.63) is 48.5 Å². The van der Waals surface area contributed by atoms with Crippen LogP contribution in [-0.2, 0) is 4.79 Å². The number of benzene rings is 2. The highest BCUT2D eigenvalue weighted by Gasteiger charge is 2.08. The smallest absolute Gasteiger partial charge is 0.169 e. The molecule has 0 bridgehead atoms. The summed E-state index contributed by atoms with van der Waals surface area (Å²) in [5.74, 6) is 0.923. The standard InChI is InChI=1S/C16H16O3/c1-11(17)12(2)19-16-9-5-14(6-10-16)13-3-7-15(18)8-4-13/h3-10,12,18H,1-2H3. The molecule has 2 rings (SSSR count). The Kier molecular flexibility index (Phi) is 3.85. The predicted octanol–water partition coefficient (Wildman–Crippen LogP) is 3.42. The summed E-state index contributed by atoms with van der Waals surface area (Å²) >= 11 is 0. The van der Waals surface area contributed by atoms with Gasteiger partial charge in [-0.2, -0.15) is 0 Å². The highest BCUT2D eigenvalue weighted by Crippen LogP contribution is 2.24. The van der Waals surface area contributed by atoms with Gasteiger partial charge in [0.25, 0.3) is 0 Å². The molecule has 0 aromatic heterocycles. The van der Waals surface area contributed by atoms with E-state index >= 15 is 0 Å². The van der Waals surface area contributed by atoms with E-state index < -0.39 is 6.10 Å². The molecule has 0 saturated heterocycles. The summed E-state index contributed by atoms with van der Waals surface area (Å²) in [6.07, 6.45) is -0.431. The molecule has 2 aromatic rings. The van der Waals surface area contributed by atoms with Crippen molar-refractivity contribution < 1.29 is 14.6 Å². The number of rotatable bonds is 4. The average Bonchev–Trinajstić information content (AvgIpc) is 2.40. The van der Waals surface area contributed by atoms with Crippen LogP contribution >= 0.6 is 0 Å². The molecule has 3 nitrogen and oxygen atoms in total. The SMILES string of the molecule is CC(=O)C(C)Oc1ccc(-c2ccc(O)cc2)cc1. The van der Waals surface area contributed by atoms with Gasteiger partial charge in [0.1, 0.15) is 11.5 Å². The number of carbonyl (C=O) groups is 1. The molecule has 1 atom stereocenters. The summed E-state index contributed by atoms with van der Waals surface area (Å²) < 4.78 is 5.50. The van der Waals surface area contributed by atoms with Crippen molar-refractivity contribution in [1.82, 2.24) is 0 Å². The van der Waals surface area contributed by atoms with E-state index in [0.717, 1.165) is 11.1 Å². The zero-order valence-corrected chi connectivity index (χ0v) is 11.0. The van der Waals surface area contributed by atoms with E-state index in [2.05, 4.69) is 0 Å². The fraction of sp³-hybridized carbons (Fsp3) is 0.188. The summed E-state index contributed by atoms with van der Waals surface area (Å²) in [4.78, 5) is 11.1. The van der Waals surface area contributed by atoms with E-state index in [1.807, 2.05) is 36.4 Å². The summed E-state index contributed by atoms with van der Waals surface area (Å²) in [6, 6.07) is 14.5. The lowest BCUT2D eigenvalue weighted by Gasteiger charge is -2.12. The van der Waals surface area contributed by atoms with Crippen molar-refractivity contribution >= 4 is 5.78 Å². The molecule has 0 fully saturated rings. The molecule has 0 aliphatic rings. The molecule has 0 spiro atoms. The number of ketones is 1. The van der Waals surface area contributed by atoms with Gasteiger partial charge in [0.2, 0.25) is 0 Å². The largest absolute Gasteiger partial charge is 0.508 e. The summed E-state index contributed by atoms with van der Waals surface area (Å²) in [5.41, 5.74) is 2.05. The molecule has 0 heterocycles. The van der Waals surface area contributed by atoms with Crippen LogP contribution in [0.1, 0.15) is 13.8 Å². The lowest BCUT2D eigenvalue weighted by Crippen LogP contribution is -2.20. The summed E-state index contributed by atoms with van der Waals surface area (Å²) in [5, 5.41) is 9.25. The first-order valence-electron chi connectivity index (χ1n) is 6.13. The van der Waals surface area contributed by atoms with E-state index in [1.165, 1.54) is 6.92 Å². The molecule has 1 unspecified atom stereocenters. The fourth-order valence-electron chi connectivity index (χ4n) is 1.67. The second-order valence-corrected chi connectivity index (χ2v) is 4.44. The van der Waals surface area contributed by atoms with Crippen LogP contribution in [0.5, 0.6) is 11.5 Å². The molecule has 1 N–H and O–H groups in total. The van der Waals surface area contributed by atoms with Gasteiger partial charge < -0.3 is 9.84 Å². The van der Waals surface area contributed by atoms with Gasteiger partial charge in [0, 0.05) is 0 Å². The molecule has 0 amide bonds. The van der Waals surface area contributed by atoms with Crippen LogP contribution in [0.15, 0.2) is 48.5 Å². The number of phenols is 1. The highest BCUT2D eigenvalue weighted by molar-refractivity contribution is 5.80. The molecule has 19 heavy (non-hydrogen) atoms. The second kappa shape index (κ2) is 5.57. The third-order valence-corrected chi connectivity index (χ3v) is 2.94. The van der Waals surface area contributed by atoms with Gasteiger partial charge in [-0.25, -0.2) is 0 Å². The quantitative estimate of drug-likeness (QED) is 0.911. The molecule has 0 radical (unpaired) electrons. The predicted molar refractivity (Wildman–Crippen MR) is 74.3 cm³/mol. The van der Waals surface area contributed by atoms with Crippen LogP contribution in [0, 0.1) is 0 Å². The third-order valence-electron chi connectivity index (χ3n) is 2.94. The van der Waals surface area contributed by atoms with E-state index in [-0.39, 0.29) is 11.5 Å². The van der Waals surface area contributed by atoms with Crippen molar-refractivity contribution in [2.75, 3.05) is 0 Å². The summed E-state index contributed by atoms with van der Waals surface area (Å²) in [6.45, 7) is 3.24. The Balaban J connectivity index is 2.14. The van der Waals surface area contributed by atoms with Crippen molar-refractivity contribution in [3.63, 3.8) is 0 Å². The molecular formula is C16H16O3. The number of phenolic OH excluding ortho intramolecular Hbond substituents is 1. The zero-order chi connectivity index (χ0) is 13.8. The molecular weight excluding hydrogens is 240 g/mol. The first-order chi connectivity index (χ1) is 9.06. The van der Waals surface area contributed by atoms with E-state index in [4.69, 9.17) is 4.74 Å². The molecule has 0 aliphatic heterocycles. The lowest BCUT2D eigenvalue weighted by molar-refractivity contribution is -0.122.